The van der Waals surface area contributed by atoms with Gasteiger partial charge < -0.3 is 9.88 Å². The van der Waals surface area contributed by atoms with E-state index in [-0.39, 0.29) is 6.17 Å². The van der Waals surface area contributed by atoms with Crippen LogP contribution in [0.5, 0.6) is 0 Å². The van der Waals surface area contributed by atoms with Gasteiger partial charge in [-0.3, -0.25) is 0 Å². The molecule has 7 rings (SSSR count). The second kappa shape index (κ2) is 9.59. The van der Waals surface area contributed by atoms with E-state index in [9.17, 15) is 5.26 Å². The highest BCUT2D eigenvalue weighted by Crippen LogP contribution is 2.33. The molecule has 1 aromatic heterocycles. The fraction of sp³-hybridized carbons (Fsp3) is 0.0882. The van der Waals surface area contributed by atoms with E-state index >= 15 is 0 Å². The van der Waals surface area contributed by atoms with E-state index in [1.807, 2.05) is 42.5 Å². The first-order valence-corrected chi connectivity index (χ1v) is 13.2. The van der Waals surface area contributed by atoms with Gasteiger partial charge in [0, 0.05) is 27.6 Å². The number of aromatic nitrogens is 1. The third-order valence-corrected chi connectivity index (χ3v) is 7.31. The van der Waals surface area contributed by atoms with Gasteiger partial charge in [0.2, 0.25) is 0 Å². The van der Waals surface area contributed by atoms with Crippen molar-refractivity contribution in [2.24, 2.45) is 9.98 Å². The van der Waals surface area contributed by atoms with Crippen molar-refractivity contribution in [3.05, 3.63) is 138 Å². The van der Waals surface area contributed by atoms with Gasteiger partial charge in [0.15, 0.2) is 6.17 Å². The van der Waals surface area contributed by atoms with Crippen LogP contribution in [0.15, 0.2) is 131 Å². The van der Waals surface area contributed by atoms with Crippen LogP contribution in [0.25, 0.3) is 27.5 Å². The summed E-state index contributed by atoms with van der Waals surface area (Å²) in [6.45, 7) is 0. The van der Waals surface area contributed by atoms with Crippen molar-refractivity contribution in [2.45, 2.75) is 19.0 Å². The van der Waals surface area contributed by atoms with Gasteiger partial charge in [-0.05, 0) is 66.9 Å². The maximum Gasteiger partial charge on any atom is 0.169 e. The molecule has 186 valence electrons. The Morgan fingerprint density at radius 2 is 1.54 bits per heavy atom. The van der Waals surface area contributed by atoms with Gasteiger partial charge in [-0.15, -0.1) is 0 Å². The van der Waals surface area contributed by atoms with E-state index in [1.54, 1.807) is 0 Å². The van der Waals surface area contributed by atoms with Crippen LogP contribution in [-0.2, 0) is 0 Å². The third-order valence-electron chi connectivity index (χ3n) is 7.31. The van der Waals surface area contributed by atoms with Crippen LogP contribution in [0, 0.1) is 11.3 Å². The zero-order valence-electron chi connectivity index (χ0n) is 21.3. The van der Waals surface area contributed by atoms with Gasteiger partial charge in [-0.1, -0.05) is 66.8 Å². The molecule has 39 heavy (non-hydrogen) atoms. The number of nitrogens with zero attached hydrogens (tertiary/aromatic N) is 4. The van der Waals surface area contributed by atoms with E-state index in [0.29, 0.717) is 5.56 Å². The topological polar surface area (TPSA) is 65.5 Å². The molecule has 5 aromatic rings. The highest BCUT2D eigenvalue weighted by Gasteiger charge is 2.21. The molecular formula is C34H25N5. The number of amidine groups is 2. The number of allylic oxidation sites excluding steroid dienone is 2. The molecule has 0 fully saturated rings. The fourth-order valence-corrected chi connectivity index (χ4v) is 5.40. The van der Waals surface area contributed by atoms with Crippen molar-refractivity contribution in [1.29, 1.82) is 5.26 Å². The second-order valence-electron chi connectivity index (χ2n) is 9.75. The lowest BCUT2D eigenvalue weighted by atomic mass is 10.0. The summed E-state index contributed by atoms with van der Waals surface area (Å²) < 4.78 is 2.25. The van der Waals surface area contributed by atoms with E-state index < -0.39 is 0 Å². The Labute approximate surface area is 226 Å². The number of nitriles is 1. The smallest absolute Gasteiger partial charge is 0.169 e. The largest absolute Gasteiger partial charge is 0.324 e. The van der Waals surface area contributed by atoms with Crippen molar-refractivity contribution in [3.8, 4) is 11.8 Å². The monoisotopic (exact) mass is 503 g/mol. The summed E-state index contributed by atoms with van der Waals surface area (Å²) in [4.78, 5) is 9.97. The van der Waals surface area contributed by atoms with E-state index in [0.717, 1.165) is 68.7 Å². The molecule has 1 aliphatic carbocycles. The van der Waals surface area contributed by atoms with Crippen LogP contribution >= 0.6 is 0 Å². The number of aliphatic imine (C=N–C) groups is 2. The Kier molecular flexibility index (Phi) is 5.64. The van der Waals surface area contributed by atoms with E-state index in [2.05, 4.69) is 88.8 Å². The molecule has 0 saturated heterocycles. The molecule has 1 unspecified atom stereocenters. The molecule has 1 N–H and O–H groups in total. The van der Waals surface area contributed by atoms with Gasteiger partial charge in [0.1, 0.15) is 11.7 Å². The number of hydrogen-bond donors (Lipinski definition) is 1. The van der Waals surface area contributed by atoms with Crippen molar-refractivity contribution in [3.63, 3.8) is 0 Å². The first-order chi connectivity index (χ1) is 19.3. The van der Waals surface area contributed by atoms with Crippen molar-refractivity contribution in [1.82, 2.24) is 9.88 Å². The van der Waals surface area contributed by atoms with Crippen LogP contribution in [0.4, 0.5) is 0 Å². The summed E-state index contributed by atoms with van der Waals surface area (Å²) in [7, 11) is 0. The highest BCUT2D eigenvalue weighted by molar-refractivity contribution is 6.17. The van der Waals surface area contributed by atoms with Gasteiger partial charge in [-0.25, -0.2) is 9.98 Å². The third kappa shape index (κ3) is 4.13. The fourth-order valence-electron chi connectivity index (χ4n) is 5.40. The number of benzene rings is 4. The Balaban J connectivity index is 1.30. The maximum absolute atomic E-state index is 9.45. The Morgan fingerprint density at radius 3 is 2.33 bits per heavy atom. The highest BCUT2D eigenvalue weighted by atomic mass is 15.2. The molecule has 2 aliphatic rings. The number of para-hydroxylation sites is 1. The van der Waals surface area contributed by atoms with Crippen molar-refractivity contribution < 1.29 is 0 Å². The van der Waals surface area contributed by atoms with Gasteiger partial charge in [-0.2, -0.15) is 5.26 Å². The number of nitrogens with one attached hydrogen (secondary N) is 1. The summed E-state index contributed by atoms with van der Waals surface area (Å²) in [6, 6.07) is 35.2. The molecular weight excluding hydrogens is 478 g/mol. The summed E-state index contributed by atoms with van der Waals surface area (Å²) in [6.07, 6.45) is 8.34. The van der Waals surface area contributed by atoms with Crippen LogP contribution in [-0.4, -0.2) is 16.2 Å². The molecule has 0 bridgehead atoms. The van der Waals surface area contributed by atoms with E-state index in [1.165, 1.54) is 0 Å². The average Bonchev–Trinajstić information content (AvgIpc) is 3.35. The number of fused-ring (bicyclic) bond motifs is 3. The molecule has 1 atom stereocenters. The summed E-state index contributed by atoms with van der Waals surface area (Å²) >= 11 is 0. The molecule has 0 amide bonds. The molecule has 5 nitrogen and oxygen atoms in total. The normalized spacial score (nSPS) is 16.8. The molecule has 4 aromatic carbocycles. The van der Waals surface area contributed by atoms with Crippen LogP contribution in [0.1, 0.15) is 35.7 Å². The van der Waals surface area contributed by atoms with E-state index in [4.69, 9.17) is 9.98 Å². The predicted octanol–water partition coefficient (Wildman–Crippen LogP) is 7.38. The van der Waals surface area contributed by atoms with Gasteiger partial charge in [0.25, 0.3) is 0 Å². The maximum atomic E-state index is 9.45. The van der Waals surface area contributed by atoms with Gasteiger partial charge >= 0.3 is 0 Å². The molecule has 0 saturated carbocycles. The first kappa shape index (κ1) is 22.9. The lowest BCUT2D eigenvalue weighted by Gasteiger charge is -2.23. The molecule has 0 spiro atoms. The van der Waals surface area contributed by atoms with Crippen LogP contribution < -0.4 is 5.32 Å². The lowest BCUT2D eigenvalue weighted by molar-refractivity contribution is 0.755. The minimum Gasteiger partial charge on any atom is -0.324 e. The Bertz CT molecular complexity index is 1880. The minimum atomic E-state index is -0.306. The summed E-state index contributed by atoms with van der Waals surface area (Å²) in [5.41, 5.74) is 7.07. The predicted molar refractivity (Wildman–Crippen MR) is 158 cm³/mol. The molecule has 5 heteroatoms. The Morgan fingerprint density at radius 1 is 0.769 bits per heavy atom. The average molecular weight is 504 g/mol. The van der Waals surface area contributed by atoms with Gasteiger partial charge in [0.05, 0.1) is 22.7 Å². The second-order valence-corrected chi connectivity index (χ2v) is 9.75. The zero-order chi connectivity index (χ0) is 26.2. The van der Waals surface area contributed by atoms with Crippen LogP contribution in [0.2, 0.25) is 0 Å². The summed E-state index contributed by atoms with van der Waals surface area (Å²) in [5, 5.41) is 15.2. The summed E-state index contributed by atoms with van der Waals surface area (Å²) in [5.74, 6) is 1.66. The Hall–Kier alpha value is -5.21. The number of hydrogen-bond acceptors (Lipinski definition) is 4. The minimum absolute atomic E-state index is 0.306. The zero-order valence-corrected chi connectivity index (χ0v) is 21.3. The van der Waals surface area contributed by atoms with Crippen molar-refractivity contribution >= 4 is 33.5 Å². The number of rotatable bonds is 4. The molecule has 2 heterocycles. The van der Waals surface area contributed by atoms with Crippen molar-refractivity contribution in [2.75, 3.05) is 0 Å². The molecule has 1 aliphatic heterocycles. The lowest BCUT2D eigenvalue weighted by Crippen LogP contribution is -2.36. The molecule has 0 radical (unpaired) electrons. The quantitative estimate of drug-likeness (QED) is 0.278. The van der Waals surface area contributed by atoms with Crippen LogP contribution in [0.3, 0.4) is 0 Å². The SMILES string of the molecule is N#Cc1ccc2c(c1)c1ccccc1n2-c1ccc(C2=NC(c3ccccc3)N=C(C3=CCCC=C3)N2)cc1. The first-order valence-electron chi connectivity index (χ1n) is 13.2. The standard InChI is InChI=1S/C34H25N5/c35-22-23-15-20-31-29(21-23)28-13-7-8-14-30(28)39(31)27-18-16-26(17-19-27)34-37-32(24-9-3-1-4-10-24)36-33(38-34)25-11-5-2-6-12-25/h1,3-5,7-21,32H,2,6H2,(H,36,37,38).